The molecule has 0 aliphatic rings. The Bertz CT molecular complexity index is 1300. The van der Waals surface area contributed by atoms with E-state index in [1.165, 1.54) is 36.4 Å². The van der Waals surface area contributed by atoms with Crippen LogP contribution in [0.5, 0.6) is 0 Å². The fourth-order valence-corrected chi connectivity index (χ4v) is 3.88. The van der Waals surface area contributed by atoms with E-state index in [0.29, 0.717) is 16.8 Å². The number of anilines is 1. The zero-order valence-electron chi connectivity index (χ0n) is 18.4. The molecule has 0 aliphatic carbocycles. The number of benzene rings is 4. The summed E-state index contributed by atoms with van der Waals surface area (Å²) < 4.78 is 52.1. The van der Waals surface area contributed by atoms with E-state index in [1.54, 1.807) is 12.1 Å². The number of rotatable bonds is 6. The minimum absolute atomic E-state index is 0.0413. The van der Waals surface area contributed by atoms with Crippen molar-refractivity contribution < 1.29 is 27.5 Å². The summed E-state index contributed by atoms with van der Waals surface area (Å²) in [4.78, 5) is 12.9. The summed E-state index contributed by atoms with van der Waals surface area (Å²) in [6.07, 6.45) is -5.67. The van der Waals surface area contributed by atoms with Gasteiger partial charge in [-0.3, -0.25) is 0 Å². The smallest absolute Gasteiger partial charge is 0.386 e. The second-order valence-corrected chi connectivity index (χ2v) is 8.13. The number of carbonyl (C=O) groups is 1. The molecule has 8 heteroatoms. The van der Waals surface area contributed by atoms with Gasteiger partial charge < -0.3 is 15.7 Å². The van der Waals surface area contributed by atoms with Crippen molar-refractivity contribution in [2.75, 3.05) is 5.32 Å². The van der Waals surface area contributed by atoms with Crippen molar-refractivity contribution in [3.8, 4) is 0 Å². The standard InChI is InChI=1S/C27H22F4N2O2/c28-21-14-10-19(11-15-21)25(34)24(16-17-8-12-20(13-9-17)27(29,30)31)33-26(35)32-23-7-3-5-18-4-1-2-6-22(18)23/h1-15,24-25,34H,16H2,(H2,32,33,35). The molecule has 2 amide bonds. The summed E-state index contributed by atoms with van der Waals surface area (Å²) in [5, 5.41) is 18.2. The van der Waals surface area contributed by atoms with Crippen molar-refractivity contribution in [2.24, 2.45) is 0 Å². The fraction of sp³-hybridized carbons (Fsp3) is 0.148. The van der Waals surface area contributed by atoms with E-state index in [-0.39, 0.29) is 6.42 Å². The van der Waals surface area contributed by atoms with Gasteiger partial charge in [-0.15, -0.1) is 0 Å². The molecule has 0 spiro atoms. The monoisotopic (exact) mass is 482 g/mol. The number of urea groups is 1. The highest BCUT2D eigenvalue weighted by Gasteiger charge is 2.30. The molecule has 0 aliphatic heterocycles. The van der Waals surface area contributed by atoms with Crippen molar-refractivity contribution in [1.82, 2.24) is 5.32 Å². The molecule has 4 nitrogen and oxygen atoms in total. The highest BCUT2D eigenvalue weighted by atomic mass is 19.4. The van der Waals surface area contributed by atoms with E-state index in [4.69, 9.17) is 0 Å². The van der Waals surface area contributed by atoms with Crippen LogP contribution in [0.2, 0.25) is 0 Å². The van der Waals surface area contributed by atoms with Gasteiger partial charge in [0.15, 0.2) is 0 Å². The minimum Gasteiger partial charge on any atom is -0.386 e. The van der Waals surface area contributed by atoms with Crippen molar-refractivity contribution in [1.29, 1.82) is 0 Å². The minimum atomic E-state index is -4.47. The normalized spacial score (nSPS) is 13.3. The maximum absolute atomic E-state index is 13.4. The quantitative estimate of drug-likeness (QED) is 0.276. The number of nitrogens with one attached hydrogen (secondary N) is 2. The van der Waals surface area contributed by atoms with Crippen LogP contribution in [-0.4, -0.2) is 17.2 Å². The molecule has 2 unspecified atom stereocenters. The lowest BCUT2D eigenvalue weighted by atomic mass is 9.95. The lowest BCUT2D eigenvalue weighted by Gasteiger charge is -2.25. The van der Waals surface area contributed by atoms with E-state index in [2.05, 4.69) is 10.6 Å². The number of hydrogen-bond acceptors (Lipinski definition) is 2. The SMILES string of the molecule is O=C(Nc1cccc2ccccc12)NC(Cc1ccc(C(F)(F)F)cc1)C(O)c1ccc(F)cc1. The van der Waals surface area contributed by atoms with Crippen LogP contribution in [0.1, 0.15) is 22.8 Å². The third-order valence-electron chi connectivity index (χ3n) is 5.68. The Balaban J connectivity index is 1.56. The molecule has 4 aromatic carbocycles. The van der Waals surface area contributed by atoms with Gasteiger partial charge in [0.05, 0.1) is 23.4 Å². The van der Waals surface area contributed by atoms with E-state index >= 15 is 0 Å². The summed E-state index contributed by atoms with van der Waals surface area (Å²) in [6, 6.07) is 21.1. The topological polar surface area (TPSA) is 61.4 Å². The van der Waals surface area contributed by atoms with Crippen LogP contribution in [0.3, 0.4) is 0 Å². The number of amides is 2. The van der Waals surface area contributed by atoms with Crippen LogP contribution in [0, 0.1) is 5.82 Å². The first kappa shape index (κ1) is 24.2. The second kappa shape index (κ2) is 10.1. The Kier molecular flexibility index (Phi) is 7.02. The fourth-order valence-electron chi connectivity index (χ4n) is 3.88. The van der Waals surface area contributed by atoms with Crippen molar-refractivity contribution in [3.63, 3.8) is 0 Å². The van der Waals surface area contributed by atoms with Gasteiger partial charge in [0.2, 0.25) is 0 Å². The largest absolute Gasteiger partial charge is 0.416 e. The molecule has 180 valence electrons. The number of aliphatic hydroxyl groups excluding tert-OH is 1. The second-order valence-electron chi connectivity index (χ2n) is 8.13. The van der Waals surface area contributed by atoms with Crippen LogP contribution in [0.15, 0.2) is 91.0 Å². The zero-order chi connectivity index (χ0) is 25.0. The summed E-state index contributed by atoms with van der Waals surface area (Å²) in [5.74, 6) is -0.484. The summed E-state index contributed by atoms with van der Waals surface area (Å²) in [6.45, 7) is 0. The van der Waals surface area contributed by atoms with E-state index < -0.39 is 35.7 Å². The van der Waals surface area contributed by atoms with Gasteiger partial charge in [-0.25, -0.2) is 9.18 Å². The Morgan fingerprint density at radius 3 is 2.20 bits per heavy atom. The molecule has 4 aromatic rings. The van der Waals surface area contributed by atoms with Crippen molar-refractivity contribution in [2.45, 2.75) is 24.7 Å². The Morgan fingerprint density at radius 1 is 0.857 bits per heavy atom. The van der Waals surface area contributed by atoms with E-state index in [0.717, 1.165) is 22.9 Å². The molecule has 0 heterocycles. The first-order chi connectivity index (χ1) is 16.7. The molecule has 0 saturated heterocycles. The maximum Gasteiger partial charge on any atom is 0.416 e. The lowest BCUT2D eigenvalue weighted by molar-refractivity contribution is -0.137. The predicted molar refractivity (Wildman–Crippen MR) is 126 cm³/mol. The van der Waals surface area contributed by atoms with Crippen LogP contribution in [0.4, 0.5) is 28.0 Å². The number of halogens is 4. The molecule has 0 fully saturated rings. The maximum atomic E-state index is 13.4. The summed E-state index contributed by atoms with van der Waals surface area (Å²) >= 11 is 0. The summed E-state index contributed by atoms with van der Waals surface area (Å²) in [7, 11) is 0. The van der Waals surface area contributed by atoms with E-state index in [9.17, 15) is 27.5 Å². The third-order valence-corrected chi connectivity index (χ3v) is 5.68. The first-order valence-corrected chi connectivity index (χ1v) is 10.9. The van der Waals surface area contributed by atoms with Gasteiger partial charge in [-0.1, -0.05) is 60.7 Å². The van der Waals surface area contributed by atoms with Gasteiger partial charge >= 0.3 is 12.2 Å². The third kappa shape index (κ3) is 5.96. The highest BCUT2D eigenvalue weighted by Crippen LogP contribution is 2.30. The molecule has 2 atom stereocenters. The molecular formula is C27H22F4N2O2. The number of carbonyl (C=O) groups excluding carboxylic acids is 1. The zero-order valence-corrected chi connectivity index (χ0v) is 18.4. The molecular weight excluding hydrogens is 460 g/mol. The molecule has 0 aromatic heterocycles. The highest BCUT2D eigenvalue weighted by molar-refractivity contribution is 6.01. The summed E-state index contributed by atoms with van der Waals surface area (Å²) in [5.41, 5.74) is 0.604. The van der Waals surface area contributed by atoms with Crippen molar-refractivity contribution in [3.05, 3.63) is 114 Å². The molecule has 4 rings (SSSR count). The Hall–Kier alpha value is -3.91. The molecule has 0 radical (unpaired) electrons. The van der Waals surface area contributed by atoms with Gasteiger partial charge in [-0.2, -0.15) is 13.2 Å². The molecule has 3 N–H and O–H groups in total. The Labute approximate surface area is 199 Å². The van der Waals surface area contributed by atoms with Gasteiger partial charge in [-0.05, 0) is 53.3 Å². The lowest BCUT2D eigenvalue weighted by Crippen LogP contribution is -2.43. The molecule has 0 bridgehead atoms. The van der Waals surface area contributed by atoms with Crippen LogP contribution in [0.25, 0.3) is 10.8 Å². The Morgan fingerprint density at radius 2 is 1.51 bits per heavy atom. The number of fused-ring (bicyclic) bond motifs is 1. The average molecular weight is 482 g/mol. The average Bonchev–Trinajstić information content (AvgIpc) is 2.84. The van der Waals surface area contributed by atoms with Crippen LogP contribution in [-0.2, 0) is 12.6 Å². The van der Waals surface area contributed by atoms with Gasteiger partial charge in [0.25, 0.3) is 0 Å². The molecule has 35 heavy (non-hydrogen) atoms. The van der Waals surface area contributed by atoms with Crippen molar-refractivity contribution >= 4 is 22.5 Å². The number of alkyl halides is 3. The number of aliphatic hydroxyl groups is 1. The molecule has 0 saturated carbocycles. The van der Waals surface area contributed by atoms with Crippen LogP contribution < -0.4 is 10.6 Å². The predicted octanol–water partition coefficient (Wildman–Crippen LogP) is 6.46. The first-order valence-electron chi connectivity index (χ1n) is 10.9. The van der Waals surface area contributed by atoms with Crippen LogP contribution >= 0.6 is 0 Å². The van der Waals surface area contributed by atoms with Gasteiger partial charge in [0, 0.05) is 5.39 Å². The van der Waals surface area contributed by atoms with E-state index in [1.807, 2.05) is 30.3 Å². The van der Waals surface area contributed by atoms with Gasteiger partial charge in [0.1, 0.15) is 5.82 Å². The number of hydrogen-bond donors (Lipinski definition) is 3.